The molecule has 0 radical (unpaired) electrons. The molecule has 0 unspecified atom stereocenters. The Balaban J connectivity index is 2.30. The van der Waals surface area contributed by atoms with E-state index in [1.165, 1.54) is 12.5 Å². The van der Waals surface area contributed by atoms with Crippen LogP contribution in [0.5, 0.6) is 5.75 Å². The Hall–Kier alpha value is -0.800. The highest BCUT2D eigenvalue weighted by Gasteiger charge is 2.36. The van der Waals surface area contributed by atoms with Gasteiger partial charge in [0.25, 0.3) is 0 Å². The van der Waals surface area contributed by atoms with Gasteiger partial charge in [0.05, 0.1) is 5.56 Å². The molecule has 18 heavy (non-hydrogen) atoms. The summed E-state index contributed by atoms with van der Waals surface area (Å²) in [6, 6.07) is 1.54. The van der Waals surface area contributed by atoms with E-state index >= 15 is 0 Å². The number of aromatic nitrogens is 1. The summed E-state index contributed by atoms with van der Waals surface area (Å²) in [7, 11) is 0. The zero-order valence-corrected chi connectivity index (χ0v) is 11.9. The first-order valence-corrected chi connectivity index (χ1v) is 6.70. The summed E-state index contributed by atoms with van der Waals surface area (Å²) in [5.41, 5.74) is -0.0715. The molecule has 0 spiro atoms. The lowest BCUT2D eigenvalue weighted by molar-refractivity contribution is 0.00464. The fourth-order valence-electron chi connectivity index (χ4n) is 2.14. The summed E-state index contributed by atoms with van der Waals surface area (Å²) in [6.45, 7) is 4.04. The van der Waals surface area contributed by atoms with Crippen molar-refractivity contribution in [2.24, 2.45) is 5.92 Å². The van der Waals surface area contributed by atoms with Gasteiger partial charge in [-0.3, -0.25) is 4.79 Å². The summed E-state index contributed by atoms with van der Waals surface area (Å²) >= 11 is 11.7. The van der Waals surface area contributed by atoms with Gasteiger partial charge in [0.2, 0.25) is 0 Å². The Bertz CT molecular complexity index is 470. The molecule has 5 heteroatoms. The molecule has 0 N–H and O–H groups in total. The van der Waals surface area contributed by atoms with Crippen LogP contribution in [0, 0.1) is 5.92 Å². The first-order valence-electron chi connectivity index (χ1n) is 5.94. The SMILES string of the molecule is CC(C)(Oc1cc(Cl)nc(Cl)c1C=O)C1CCC1. The molecule has 1 aliphatic carbocycles. The van der Waals surface area contributed by atoms with E-state index in [4.69, 9.17) is 27.9 Å². The minimum absolute atomic E-state index is 0.0805. The molecule has 0 amide bonds. The van der Waals surface area contributed by atoms with Crippen molar-refractivity contribution in [3.8, 4) is 5.75 Å². The Labute approximate surface area is 116 Å². The van der Waals surface area contributed by atoms with E-state index in [1.807, 2.05) is 13.8 Å². The van der Waals surface area contributed by atoms with E-state index in [1.54, 1.807) is 0 Å². The normalized spacial score (nSPS) is 16.2. The summed E-state index contributed by atoms with van der Waals surface area (Å²) < 4.78 is 5.95. The smallest absolute Gasteiger partial charge is 0.156 e. The van der Waals surface area contributed by atoms with Crippen molar-refractivity contribution < 1.29 is 9.53 Å². The van der Waals surface area contributed by atoms with Crippen LogP contribution in [-0.2, 0) is 0 Å². The summed E-state index contributed by atoms with van der Waals surface area (Å²) in [6.07, 6.45) is 4.18. The molecule has 1 aliphatic rings. The third-order valence-electron chi connectivity index (χ3n) is 3.52. The second-order valence-electron chi connectivity index (χ2n) is 5.10. The number of carbonyl (C=O) groups excluding carboxylic acids is 1. The predicted molar refractivity (Wildman–Crippen MR) is 71.7 cm³/mol. The van der Waals surface area contributed by atoms with Gasteiger partial charge in [-0.25, -0.2) is 4.98 Å². The monoisotopic (exact) mass is 287 g/mol. The highest BCUT2D eigenvalue weighted by molar-refractivity contribution is 6.34. The molecule has 1 saturated carbocycles. The number of aldehydes is 1. The largest absolute Gasteiger partial charge is 0.487 e. The maximum Gasteiger partial charge on any atom is 0.156 e. The number of halogens is 2. The first kappa shape index (κ1) is 13.6. The Kier molecular flexibility index (Phi) is 3.83. The standard InChI is InChI=1S/C13H15Cl2NO2/c1-13(2,8-4-3-5-8)18-10-6-11(14)16-12(15)9(10)7-17/h6-8H,3-5H2,1-2H3. The van der Waals surface area contributed by atoms with E-state index in [0.29, 0.717) is 18.0 Å². The topological polar surface area (TPSA) is 39.2 Å². The molecule has 2 rings (SSSR count). The molecular formula is C13H15Cl2NO2. The minimum atomic E-state index is -0.329. The number of rotatable bonds is 4. The average molecular weight is 288 g/mol. The van der Waals surface area contributed by atoms with Crippen LogP contribution in [0.3, 0.4) is 0 Å². The van der Waals surface area contributed by atoms with Crippen LogP contribution in [0.15, 0.2) is 6.07 Å². The fourth-order valence-corrected chi connectivity index (χ4v) is 2.59. The highest BCUT2D eigenvalue weighted by Crippen LogP contribution is 2.40. The quantitative estimate of drug-likeness (QED) is 0.617. The van der Waals surface area contributed by atoms with Crippen molar-refractivity contribution in [3.63, 3.8) is 0 Å². The van der Waals surface area contributed by atoms with Crippen molar-refractivity contribution in [2.75, 3.05) is 0 Å². The molecule has 0 aromatic carbocycles. The molecule has 0 saturated heterocycles. The van der Waals surface area contributed by atoms with Gasteiger partial charge in [0, 0.05) is 6.07 Å². The summed E-state index contributed by atoms with van der Waals surface area (Å²) in [5, 5.41) is 0.307. The second kappa shape index (κ2) is 5.06. The molecule has 1 fully saturated rings. The molecule has 98 valence electrons. The number of hydrogen-bond acceptors (Lipinski definition) is 3. The van der Waals surface area contributed by atoms with Gasteiger partial charge in [-0.1, -0.05) is 29.6 Å². The van der Waals surface area contributed by atoms with E-state index < -0.39 is 0 Å². The van der Waals surface area contributed by atoms with Crippen LogP contribution >= 0.6 is 23.2 Å². The average Bonchev–Trinajstić information content (AvgIpc) is 2.11. The van der Waals surface area contributed by atoms with Gasteiger partial charge >= 0.3 is 0 Å². The Morgan fingerprint density at radius 1 is 1.44 bits per heavy atom. The molecule has 1 aromatic heterocycles. The van der Waals surface area contributed by atoms with E-state index in [-0.39, 0.29) is 21.5 Å². The van der Waals surface area contributed by atoms with Crippen LogP contribution in [0.4, 0.5) is 0 Å². The third kappa shape index (κ3) is 2.62. The van der Waals surface area contributed by atoms with Crippen molar-refractivity contribution >= 4 is 29.5 Å². The minimum Gasteiger partial charge on any atom is -0.487 e. The van der Waals surface area contributed by atoms with E-state index in [9.17, 15) is 4.79 Å². The predicted octanol–water partition coefficient (Wildman–Crippen LogP) is 4.16. The van der Waals surface area contributed by atoms with Gasteiger partial charge in [0.1, 0.15) is 21.7 Å². The number of nitrogens with zero attached hydrogens (tertiary/aromatic N) is 1. The van der Waals surface area contributed by atoms with Crippen LogP contribution < -0.4 is 4.74 Å². The summed E-state index contributed by atoms with van der Waals surface area (Å²) in [5.74, 6) is 0.912. The van der Waals surface area contributed by atoms with Crippen LogP contribution in [0.1, 0.15) is 43.5 Å². The molecule has 1 heterocycles. The van der Waals surface area contributed by atoms with Crippen LogP contribution in [-0.4, -0.2) is 16.9 Å². The zero-order valence-electron chi connectivity index (χ0n) is 10.4. The second-order valence-corrected chi connectivity index (χ2v) is 5.84. The molecular weight excluding hydrogens is 273 g/mol. The van der Waals surface area contributed by atoms with E-state index in [0.717, 1.165) is 12.8 Å². The zero-order chi connectivity index (χ0) is 13.3. The third-order valence-corrected chi connectivity index (χ3v) is 4.00. The van der Waals surface area contributed by atoms with Crippen molar-refractivity contribution in [1.29, 1.82) is 0 Å². The van der Waals surface area contributed by atoms with Gasteiger partial charge in [-0.2, -0.15) is 0 Å². The van der Waals surface area contributed by atoms with Gasteiger partial charge < -0.3 is 4.74 Å². The van der Waals surface area contributed by atoms with Gasteiger partial charge in [-0.15, -0.1) is 0 Å². The van der Waals surface area contributed by atoms with Crippen molar-refractivity contribution in [1.82, 2.24) is 4.98 Å². The van der Waals surface area contributed by atoms with Crippen LogP contribution in [0.2, 0.25) is 10.3 Å². The molecule has 1 aromatic rings. The van der Waals surface area contributed by atoms with Gasteiger partial charge in [0.15, 0.2) is 6.29 Å². The lowest BCUT2D eigenvalue weighted by Gasteiger charge is -2.40. The maximum absolute atomic E-state index is 11.1. The lowest BCUT2D eigenvalue weighted by atomic mass is 9.74. The number of ether oxygens (including phenoxy) is 1. The molecule has 3 nitrogen and oxygen atoms in total. The van der Waals surface area contributed by atoms with Gasteiger partial charge in [-0.05, 0) is 32.6 Å². The number of pyridine rings is 1. The highest BCUT2D eigenvalue weighted by atomic mass is 35.5. The number of carbonyl (C=O) groups is 1. The maximum atomic E-state index is 11.1. The molecule has 0 bridgehead atoms. The fraction of sp³-hybridized carbons (Fsp3) is 0.538. The van der Waals surface area contributed by atoms with Crippen molar-refractivity contribution in [2.45, 2.75) is 38.7 Å². The lowest BCUT2D eigenvalue weighted by Crippen LogP contribution is -2.41. The first-order chi connectivity index (χ1) is 8.44. The Morgan fingerprint density at radius 3 is 2.61 bits per heavy atom. The van der Waals surface area contributed by atoms with E-state index in [2.05, 4.69) is 4.98 Å². The Morgan fingerprint density at radius 2 is 2.11 bits per heavy atom. The van der Waals surface area contributed by atoms with Crippen LogP contribution in [0.25, 0.3) is 0 Å². The summed E-state index contributed by atoms with van der Waals surface area (Å²) in [4.78, 5) is 14.9. The molecule has 0 atom stereocenters. The number of hydrogen-bond donors (Lipinski definition) is 0. The van der Waals surface area contributed by atoms with Crippen molar-refractivity contribution in [3.05, 3.63) is 21.9 Å². The molecule has 0 aliphatic heterocycles.